The van der Waals surface area contributed by atoms with Crippen molar-refractivity contribution in [1.82, 2.24) is 19.6 Å². The smallest absolute Gasteiger partial charge is 0.137 e. The van der Waals surface area contributed by atoms with Crippen molar-refractivity contribution in [2.24, 2.45) is 5.92 Å². The first-order valence-electron chi connectivity index (χ1n) is 6.97. The van der Waals surface area contributed by atoms with Gasteiger partial charge >= 0.3 is 0 Å². The highest BCUT2D eigenvalue weighted by atomic mass is 15.1. The van der Waals surface area contributed by atoms with E-state index >= 15 is 0 Å². The Kier molecular flexibility index (Phi) is 4.93. The molecule has 2 heterocycles. The number of hydrogen-bond acceptors (Lipinski definition) is 3. The Balaban J connectivity index is 1.80. The van der Waals surface area contributed by atoms with E-state index < -0.39 is 0 Å². The number of pyridine rings is 1. The molecular formula is C15H24N4. The first-order valence-corrected chi connectivity index (χ1v) is 6.97. The summed E-state index contributed by atoms with van der Waals surface area (Å²) in [5, 5.41) is 3.46. The van der Waals surface area contributed by atoms with Crippen molar-refractivity contribution in [3.63, 3.8) is 0 Å². The minimum atomic E-state index is 0.712. The summed E-state index contributed by atoms with van der Waals surface area (Å²) >= 11 is 0. The van der Waals surface area contributed by atoms with Crippen molar-refractivity contribution >= 4 is 5.65 Å². The van der Waals surface area contributed by atoms with Crippen LogP contribution < -0.4 is 5.32 Å². The number of nitrogens with zero attached hydrogens (tertiary/aromatic N) is 3. The largest absolute Gasteiger partial charge is 0.315 e. The lowest BCUT2D eigenvalue weighted by molar-refractivity contribution is 0.318. The third-order valence-corrected chi connectivity index (χ3v) is 3.07. The van der Waals surface area contributed by atoms with Crippen molar-refractivity contribution in [2.45, 2.75) is 20.4 Å². The third-order valence-electron chi connectivity index (χ3n) is 3.07. The molecule has 0 amide bonds. The molecule has 0 aliphatic carbocycles. The van der Waals surface area contributed by atoms with Gasteiger partial charge in [0.2, 0.25) is 0 Å². The van der Waals surface area contributed by atoms with Gasteiger partial charge in [0.25, 0.3) is 0 Å². The van der Waals surface area contributed by atoms with Crippen LogP contribution in [0, 0.1) is 5.92 Å². The molecule has 1 N–H and O–H groups in total. The van der Waals surface area contributed by atoms with Crippen molar-refractivity contribution in [2.75, 3.05) is 26.7 Å². The lowest BCUT2D eigenvalue weighted by Gasteiger charge is -2.16. The zero-order valence-corrected chi connectivity index (χ0v) is 12.1. The van der Waals surface area contributed by atoms with Crippen LogP contribution in [-0.4, -0.2) is 41.0 Å². The van der Waals surface area contributed by atoms with Gasteiger partial charge in [-0.3, -0.25) is 4.90 Å². The molecule has 0 aliphatic heterocycles. The maximum atomic E-state index is 4.61. The first kappa shape index (κ1) is 14.0. The van der Waals surface area contributed by atoms with Crippen LogP contribution in [0.25, 0.3) is 5.65 Å². The van der Waals surface area contributed by atoms with Crippen LogP contribution in [0.3, 0.4) is 0 Å². The maximum absolute atomic E-state index is 4.61. The summed E-state index contributed by atoms with van der Waals surface area (Å²) in [4.78, 5) is 6.91. The summed E-state index contributed by atoms with van der Waals surface area (Å²) in [6, 6.07) is 6.08. The van der Waals surface area contributed by atoms with Gasteiger partial charge in [-0.2, -0.15) is 0 Å². The van der Waals surface area contributed by atoms with Crippen LogP contribution in [0.1, 0.15) is 19.5 Å². The van der Waals surface area contributed by atoms with Crippen molar-refractivity contribution in [3.05, 3.63) is 36.3 Å². The van der Waals surface area contributed by atoms with Crippen LogP contribution in [0.4, 0.5) is 0 Å². The second-order valence-corrected chi connectivity index (χ2v) is 5.53. The number of imidazole rings is 1. The van der Waals surface area contributed by atoms with Crippen molar-refractivity contribution < 1.29 is 0 Å². The molecule has 0 unspecified atom stereocenters. The number of fused-ring (bicyclic) bond motifs is 1. The van der Waals surface area contributed by atoms with Gasteiger partial charge in [-0.1, -0.05) is 19.9 Å². The molecule has 2 aromatic rings. The Labute approximate surface area is 115 Å². The summed E-state index contributed by atoms with van der Waals surface area (Å²) in [6.45, 7) is 8.51. The first-order chi connectivity index (χ1) is 9.15. The van der Waals surface area contributed by atoms with Crippen LogP contribution in [0.15, 0.2) is 30.6 Å². The van der Waals surface area contributed by atoms with Crippen LogP contribution in [-0.2, 0) is 6.54 Å². The van der Waals surface area contributed by atoms with Crippen LogP contribution >= 0.6 is 0 Å². The van der Waals surface area contributed by atoms with E-state index in [2.05, 4.69) is 46.7 Å². The van der Waals surface area contributed by atoms with Gasteiger partial charge in [-0.25, -0.2) is 4.98 Å². The molecule has 0 bridgehead atoms. The average Bonchev–Trinajstić information content (AvgIpc) is 2.76. The molecule has 0 spiro atoms. The second kappa shape index (κ2) is 6.68. The minimum absolute atomic E-state index is 0.712. The molecule has 0 radical (unpaired) electrons. The summed E-state index contributed by atoms with van der Waals surface area (Å²) < 4.78 is 2.07. The standard InChI is InChI=1S/C15H24N4/c1-13(2)10-16-7-9-18(3)11-14-12-19-8-5-4-6-15(19)17-14/h4-6,8,12-13,16H,7,9-11H2,1-3H3. The second-order valence-electron chi connectivity index (χ2n) is 5.53. The van der Waals surface area contributed by atoms with Gasteiger partial charge in [-0.15, -0.1) is 0 Å². The number of aromatic nitrogens is 2. The van der Waals surface area contributed by atoms with E-state index in [4.69, 9.17) is 0 Å². The normalized spacial score (nSPS) is 11.8. The zero-order valence-electron chi connectivity index (χ0n) is 12.1. The van der Waals surface area contributed by atoms with Gasteiger partial charge in [-0.05, 0) is 31.6 Å². The van der Waals surface area contributed by atoms with E-state index in [1.54, 1.807) is 0 Å². The van der Waals surface area contributed by atoms with Gasteiger partial charge in [0.05, 0.1) is 5.69 Å². The Morgan fingerprint density at radius 2 is 2.21 bits per heavy atom. The van der Waals surface area contributed by atoms with Crippen LogP contribution in [0.5, 0.6) is 0 Å². The molecule has 104 valence electrons. The van der Waals surface area contributed by atoms with Gasteiger partial charge < -0.3 is 9.72 Å². The third kappa shape index (κ3) is 4.33. The highest BCUT2D eigenvalue weighted by Crippen LogP contribution is 2.06. The van der Waals surface area contributed by atoms with Gasteiger partial charge in [0.1, 0.15) is 5.65 Å². The summed E-state index contributed by atoms with van der Waals surface area (Å²) in [7, 11) is 2.14. The molecule has 4 heteroatoms. The summed E-state index contributed by atoms with van der Waals surface area (Å²) in [5.74, 6) is 0.712. The van der Waals surface area contributed by atoms with E-state index in [0.29, 0.717) is 5.92 Å². The quantitative estimate of drug-likeness (QED) is 0.773. The minimum Gasteiger partial charge on any atom is -0.315 e. The molecule has 0 aliphatic rings. The molecule has 0 saturated carbocycles. The Bertz CT molecular complexity index is 471. The Hall–Kier alpha value is -1.39. The molecule has 2 rings (SSSR count). The predicted molar refractivity (Wildman–Crippen MR) is 79.2 cm³/mol. The monoisotopic (exact) mass is 260 g/mol. The number of hydrogen-bond donors (Lipinski definition) is 1. The van der Waals surface area contributed by atoms with Gasteiger partial charge in [0, 0.05) is 32.0 Å². The van der Waals surface area contributed by atoms with Crippen LogP contribution in [0.2, 0.25) is 0 Å². The zero-order chi connectivity index (χ0) is 13.7. The summed E-state index contributed by atoms with van der Waals surface area (Å²) in [5.41, 5.74) is 2.14. The number of rotatable bonds is 7. The SMILES string of the molecule is CC(C)CNCCN(C)Cc1cn2ccccc2n1. The fraction of sp³-hybridized carbons (Fsp3) is 0.533. The lowest BCUT2D eigenvalue weighted by Crippen LogP contribution is -2.30. The average molecular weight is 260 g/mol. The topological polar surface area (TPSA) is 32.6 Å². The highest BCUT2D eigenvalue weighted by Gasteiger charge is 2.04. The van der Waals surface area contributed by atoms with Crippen molar-refractivity contribution in [3.8, 4) is 0 Å². The summed E-state index contributed by atoms with van der Waals surface area (Å²) in [6.07, 6.45) is 4.14. The number of nitrogens with one attached hydrogen (secondary N) is 1. The predicted octanol–water partition coefficient (Wildman–Crippen LogP) is 2.01. The van der Waals surface area contributed by atoms with Gasteiger partial charge in [0.15, 0.2) is 0 Å². The van der Waals surface area contributed by atoms with E-state index in [0.717, 1.165) is 37.5 Å². The number of likely N-dealkylation sites (N-methyl/N-ethyl adjacent to an activating group) is 1. The van der Waals surface area contributed by atoms with E-state index in [1.807, 2.05) is 24.4 Å². The molecule has 19 heavy (non-hydrogen) atoms. The molecule has 2 aromatic heterocycles. The molecule has 0 atom stereocenters. The highest BCUT2D eigenvalue weighted by molar-refractivity contribution is 5.39. The molecule has 0 saturated heterocycles. The Morgan fingerprint density at radius 3 is 2.95 bits per heavy atom. The van der Waals surface area contributed by atoms with Crippen molar-refractivity contribution in [1.29, 1.82) is 0 Å². The fourth-order valence-electron chi connectivity index (χ4n) is 2.08. The Morgan fingerprint density at radius 1 is 1.37 bits per heavy atom. The molecule has 0 fully saturated rings. The van der Waals surface area contributed by atoms with E-state index in [1.165, 1.54) is 0 Å². The maximum Gasteiger partial charge on any atom is 0.137 e. The van der Waals surface area contributed by atoms with E-state index in [-0.39, 0.29) is 0 Å². The van der Waals surface area contributed by atoms with E-state index in [9.17, 15) is 0 Å². The fourth-order valence-corrected chi connectivity index (χ4v) is 2.08. The molecular weight excluding hydrogens is 236 g/mol. The molecule has 0 aromatic carbocycles. The lowest BCUT2D eigenvalue weighted by atomic mass is 10.2. The molecule has 4 nitrogen and oxygen atoms in total.